The van der Waals surface area contributed by atoms with Crippen LogP contribution < -0.4 is 5.32 Å². The number of nitrogens with one attached hydrogen (secondary N) is 1. The van der Waals surface area contributed by atoms with E-state index in [2.05, 4.69) is 35.1 Å². The highest BCUT2D eigenvalue weighted by atomic mass is 15.1. The van der Waals surface area contributed by atoms with Crippen molar-refractivity contribution in [1.29, 1.82) is 5.26 Å². The first-order valence-electron chi connectivity index (χ1n) is 6.54. The Bertz CT molecular complexity index is 409. The van der Waals surface area contributed by atoms with Gasteiger partial charge in [-0.15, -0.1) is 0 Å². The van der Waals surface area contributed by atoms with Crippen LogP contribution in [0.1, 0.15) is 31.5 Å². The van der Waals surface area contributed by atoms with Gasteiger partial charge in [-0.05, 0) is 38.6 Å². The predicted molar refractivity (Wildman–Crippen MR) is 74.6 cm³/mol. The number of aryl methyl sites for hydroxylation is 1. The second kappa shape index (κ2) is 7.67. The van der Waals surface area contributed by atoms with Crippen molar-refractivity contribution in [3.63, 3.8) is 0 Å². The maximum atomic E-state index is 8.89. The molecule has 0 aliphatic carbocycles. The van der Waals surface area contributed by atoms with Crippen molar-refractivity contribution in [2.24, 2.45) is 0 Å². The zero-order chi connectivity index (χ0) is 13.4. The number of hydrogen-bond acceptors (Lipinski definition) is 4. The molecule has 98 valence electrons. The molecule has 0 amide bonds. The van der Waals surface area contributed by atoms with Gasteiger partial charge in [0.2, 0.25) is 0 Å². The standard InChI is InChI=1S/C14H22N4/c1-4-7-18(5-2)8-6-16-14-10-13(11-15)9-12(3)17-14/h9-10H,4-8H2,1-3H3,(H,16,17). The second-order valence-corrected chi connectivity index (χ2v) is 4.36. The van der Waals surface area contributed by atoms with Crippen molar-refractivity contribution < 1.29 is 0 Å². The Labute approximate surface area is 110 Å². The highest BCUT2D eigenvalue weighted by molar-refractivity contribution is 5.44. The number of likely N-dealkylation sites (N-methyl/N-ethyl adjacent to an activating group) is 1. The van der Waals surface area contributed by atoms with Crippen LogP contribution in [0.2, 0.25) is 0 Å². The number of aromatic nitrogens is 1. The first-order valence-corrected chi connectivity index (χ1v) is 6.54. The molecule has 0 fully saturated rings. The minimum Gasteiger partial charge on any atom is -0.369 e. The summed E-state index contributed by atoms with van der Waals surface area (Å²) >= 11 is 0. The molecule has 0 radical (unpaired) electrons. The molecule has 0 atom stereocenters. The zero-order valence-electron chi connectivity index (χ0n) is 11.5. The van der Waals surface area contributed by atoms with E-state index < -0.39 is 0 Å². The highest BCUT2D eigenvalue weighted by Gasteiger charge is 2.02. The van der Waals surface area contributed by atoms with Crippen molar-refractivity contribution in [3.05, 3.63) is 23.4 Å². The smallest absolute Gasteiger partial charge is 0.127 e. The fraction of sp³-hybridized carbons (Fsp3) is 0.571. The van der Waals surface area contributed by atoms with Crippen LogP contribution >= 0.6 is 0 Å². The number of pyridine rings is 1. The lowest BCUT2D eigenvalue weighted by molar-refractivity contribution is 0.300. The quantitative estimate of drug-likeness (QED) is 0.802. The van der Waals surface area contributed by atoms with E-state index in [1.165, 1.54) is 6.42 Å². The molecule has 18 heavy (non-hydrogen) atoms. The van der Waals surface area contributed by atoms with E-state index in [1.54, 1.807) is 12.1 Å². The van der Waals surface area contributed by atoms with Gasteiger partial charge in [0, 0.05) is 18.8 Å². The van der Waals surface area contributed by atoms with E-state index in [0.29, 0.717) is 5.56 Å². The Morgan fingerprint density at radius 1 is 1.33 bits per heavy atom. The van der Waals surface area contributed by atoms with Gasteiger partial charge >= 0.3 is 0 Å². The molecule has 0 saturated heterocycles. The SMILES string of the molecule is CCCN(CC)CCNc1cc(C#N)cc(C)n1. The van der Waals surface area contributed by atoms with Gasteiger partial charge in [-0.2, -0.15) is 5.26 Å². The molecule has 1 aromatic heterocycles. The third-order valence-corrected chi connectivity index (χ3v) is 2.80. The number of nitrogens with zero attached hydrogens (tertiary/aromatic N) is 3. The molecule has 0 saturated carbocycles. The van der Waals surface area contributed by atoms with Crippen molar-refractivity contribution >= 4 is 5.82 Å². The molecule has 0 unspecified atom stereocenters. The normalized spacial score (nSPS) is 10.4. The molecule has 0 aromatic carbocycles. The lowest BCUT2D eigenvalue weighted by Crippen LogP contribution is -2.29. The minimum atomic E-state index is 0.658. The maximum absolute atomic E-state index is 8.89. The molecule has 0 aliphatic rings. The second-order valence-electron chi connectivity index (χ2n) is 4.36. The van der Waals surface area contributed by atoms with Crippen LogP contribution in [-0.4, -0.2) is 36.1 Å². The predicted octanol–water partition coefficient (Wildman–Crippen LogP) is 2.41. The molecule has 0 bridgehead atoms. The first-order chi connectivity index (χ1) is 8.69. The fourth-order valence-electron chi connectivity index (χ4n) is 1.91. The highest BCUT2D eigenvalue weighted by Crippen LogP contribution is 2.08. The Morgan fingerprint density at radius 3 is 2.72 bits per heavy atom. The zero-order valence-corrected chi connectivity index (χ0v) is 11.5. The number of rotatable bonds is 7. The molecule has 0 aliphatic heterocycles. The number of nitriles is 1. The van der Waals surface area contributed by atoms with Gasteiger partial charge < -0.3 is 10.2 Å². The van der Waals surface area contributed by atoms with Gasteiger partial charge in [-0.25, -0.2) is 4.98 Å². The van der Waals surface area contributed by atoms with E-state index in [4.69, 9.17) is 5.26 Å². The summed E-state index contributed by atoms with van der Waals surface area (Å²) in [6.07, 6.45) is 1.18. The lowest BCUT2D eigenvalue weighted by Gasteiger charge is -2.19. The molecular weight excluding hydrogens is 224 g/mol. The summed E-state index contributed by atoms with van der Waals surface area (Å²) in [5.74, 6) is 0.791. The van der Waals surface area contributed by atoms with Crippen LogP contribution in [0.3, 0.4) is 0 Å². The van der Waals surface area contributed by atoms with Gasteiger partial charge in [0.05, 0.1) is 11.6 Å². The number of hydrogen-bond donors (Lipinski definition) is 1. The van der Waals surface area contributed by atoms with Crippen molar-refractivity contribution in [2.45, 2.75) is 27.2 Å². The van der Waals surface area contributed by atoms with E-state index in [1.807, 2.05) is 6.92 Å². The van der Waals surface area contributed by atoms with E-state index in [9.17, 15) is 0 Å². The maximum Gasteiger partial charge on any atom is 0.127 e. The molecule has 1 aromatic rings. The molecule has 4 heteroatoms. The first kappa shape index (κ1) is 14.5. The third-order valence-electron chi connectivity index (χ3n) is 2.80. The largest absolute Gasteiger partial charge is 0.369 e. The lowest BCUT2D eigenvalue weighted by atomic mass is 10.2. The van der Waals surface area contributed by atoms with Crippen LogP contribution in [-0.2, 0) is 0 Å². The minimum absolute atomic E-state index is 0.658. The molecule has 0 spiro atoms. The van der Waals surface area contributed by atoms with Gasteiger partial charge in [-0.1, -0.05) is 13.8 Å². The fourth-order valence-corrected chi connectivity index (χ4v) is 1.91. The molecule has 4 nitrogen and oxygen atoms in total. The van der Waals surface area contributed by atoms with E-state index in [0.717, 1.165) is 37.7 Å². The molecule has 1 heterocycles. The number of anilines is 1. The van der Waals surface area contributed by atoms with Crippen molar-refractivity contribution in [2.75, 3.05) is 31.5 Å². The summed E-state index contributed by atoms with van der Waals surface area (Å²) in [6.45, 7) is 10.3. The average Bonchev–Trinajstić information content (AvgIpc) is 2.37. The molecule has 1 N–H and O–H groups in total. The molecule has 1 rings (SSSR count). The third kappa shape index (κ3) is 4.72. The van der Waals surface area contributed by atoms with Gasteiger partial charge in [-0.3, -0.25) is 0 Å². The van der Waals surface area contributed by atoms with Crippen molar-refractivity contribution in [3.8, 4) is 6.07 Å². The Balaban J connectivity index is 2.48. The summed E-state index contributed by atoms with van der Waals surface area (Å²) in [4.78, 5) is 6.77. The van der Waals surface area contributed by atoms with Gasteiger partial charge in [0.15, 0.2) is 0 Å². The van der Waals surface area contributed by atoms with Crippen LogP contribution in [0.15, 0.2) is 12.1 Å². The summed E-state index contributed by atoms with van der Waals surface area (Å²) < 4.78 is 0. The van der Waals surface area contributed by atoms with Crippen LogP contribution in [0.25, 0.3) is 0 Å². The summed E-state index contributed by atoms with van der Waals surface area (Å²) in [5.41, 5.74) is 1.53. The van der Waals surface area contributed by atoms with Gasteiger partial charge in [0.25, 0.3) is 0 Å². The monoisotopic (exact) mass is 246 g/mol. The summed E-state index contributed by atoms with van der Waals surface area (Å²) in [5, 5.41) is 12.2. The van der Waals surface area contributed by atoms with Crippen LogP contribution in [0, 0.1) is 18.3 Å². The topological polar surface area (TPSA) is 52.0 Å². The summed E-state index contributed by atoms with van der Waals surface area (Å²) in [7, 11) is 0. The van der Waals surface area contributed by atoms with E-state index in [-0.39, 0.29) is 0 Å². The van der Waals surface area contributed by atoms with Crippen LogP contribution in [0.4, 0.5) is 5.82 Å². The Morgan fingerprint density at radius 2 is 2.11 bits per heavy atom. The van der Waals surface area contributed by atoms with Gasteiger partial charge in [0.1, 0.15) is 5.82 Å². The van der Waals surface area contributed by atoms with Crippen LogP contribution in [0.5, 0.6) is 0 Å². The Hall–Kier alpha value is -1.60. The Kier molecular flexibility index (Phi) is 6.16. The van der Waals surface area contributed by atoms with Crippen molar-refractivity contribution in [1.82, 2.24) is 9.88 Å². The average molecular weight is 246 g/mol. The van der Waals surface area contributed by atoms with E-state index >= 15 is 0 Å². The summed E-state index contributed by atoms with van der Waals surface area (Å²) in [6, 6.07) is 5.74. The molecular formula is C14H22N4.